The van der Waals surface area contributed by atoms with Crippen molar-refractivity contribution in [1.29, 1.82) is 0 Å². The summed E-state index contributed by atoms with van der Waals surface area (Å²) >= 11 is 0. The van der Waals surface area contributed by atoms with E-state index in [1.807, 2.05) is 0 Å². The lowest BCUT2D eigenvalue weighted by Crippen LogP contribution is -2.41. The molecule has 1 aromatic heterocycles. The predicted octanol–water partition coefficient (Wildman–Crippen LogP) is 1.24. The number of carbonyl (C=O) groups is 3. The number of furan rings is 1. The second-order valence-corrected chi connectivity index (χ2v) is 5.89. The fourth-order valence-electron chi connectivity index (χ4n) is 3.23. The van der Waals surface area contributed by atoms with Gasteiger partial charge >= 0.3 is 0 Å². The zero-order chi connectivity index (χ0) is 16.7. The molecule has 1 fully saturated rings. The number of benzene rings is 1. The van der Waals surface area contributed by atoms with Crippen LogP contribution in [0.25, 0.3) is 0 Å². The van der Waals surface area contributed by atoms with Crippen LogP contribution >= 0.6 is 0 Å². The van der Waals surface area contributed by atoms with Crippen LogP contribution in [-0.4, -0.2) is 41.2 Å². The maximum Gasteiger partial charge on any atom is 0.287 e. The van der Waals surface area contributed by atoms with Gasteiger partial charge in [0.15, 0.2) is 5.76 Å². The summed E-state index contributed by atoms with van der Waals surface area (Å²) in [7, 11) is 0. The standard InChI is InChI=1S/C17H15N3O4/c21-15-13-8-10(18-16(22)14-6-3-7-24-14)9-20(13)17(23)11-4-1-2-5-12(11)19-15/h1-7,10,13H,8-9H2,(H,18,22)(H,19,21)/t10-,13-/m0/s1. The van der Waals surface area contributed by atoms with Gasteiger partial charge in [-0.15, -0.1) is 0 Å². The van der Waals surface area contributed by atoms with Crippen molar-refractivity contribution < 1.29 is 18.8 Å². The predicted molar refractivity (Wildman–Crippen MR) is 84.5 cm³/mol. The van der Waals surface area contributed by atoms with Crippen molar-refractivity contribution in [2.45, 2.75) is 18.5 Å². The molecule has 122 valence electrons. The molecule has 0 saturated carbocycles. The Balaban J connectivity index is 1.55. The van der Waals surface area contributed by atoms with E-state index in [1.165, 1.54) is 11.2 Å². The number of carbonyl (C=O) groups excluding carboxylic acids is 3. The summed E-state index contributed by atoms with van der Waals surface area (Å²) in [6.07, 6.45) is 1.79. The van der Waals surface area contributed by atoms with Crippen molar-refractivity contribution in [3.63, 3.8) is 0 Å². The van der Waals surface area contributed by atoms with Crippen LogP contribution in [0.4, 0.5) is 5.69 Å². The van der Waals surface area contributed by atoms with Crippen molar-refractivity contribution in [2.75, 3.05) is 11.9 Å². The Morgan fingerprint density at radius 3 is 2.83 bits per heavy atom. The second-order valence-electron chi connectivity index (χ2n) is 5.89. The molecule has 7 nitrogen and oxygen atoms in total. The Morgan fingerprint density at radius 2 is 2.04 bits per heavy atom. The Bertz CT molecular complexity index is 815. The van der Waals surface area contributed by atoms with E-state index in [2.05, 4.69) is 10.6 Å². The van der Waals surface area contributed by atoms with Gasteiger partial charge in [-0.25, -0.2) is 0 Å². The van der Waals surface area contributed by atoms with Gasteiger partial charge in [0, 0.05) is 12.6 Å². The molecule has 0 bridgehead atoms. The molecule has 0 radical (unpaired) electrons. The molecule has 2 atom stereocenters. The monoisotopic (exact) mass is 325 g/mol. The third-order valence-corrected chi connectivity index (χ3v) is 4.36. The van der Waals surface area contributed by atoms with Gasteiger partial charge in [-0.3, -0.25) is 14.4 Å². The lowest BCUT2D eigenvalue weighted by molar-refractivity contribution is -0.119. The largest absolute Gasteiger partial charge is 0.459 e. The molecule has 7 heteroatoms. The molecule has 0 aliphatic carbocycles. The van der Waals surface area contributed by atoms with Gasteiger partial charge < -0.3 is 20.0 Å². The van der Waals surface area contributed by atoms with Crippen LogP contribution in [0.3, 0.4) is 0 Å². The van der Waals surface area contributed by atoms with Crippen LogP contribution in [-0.2, 0) is 4.79 Å². The molecule has 3 amide bonds. The van der Waals surface area contributed by atoms with Gasteiger partial charge in [0.05, 0.1) is 17.5 Å². The first-order valence-electron chi connectivity index (χ1n) is 7.69. The van der Waals surface area contributed by atoms with Gasteiger partial charge in [0.1, 0.15) is 6.04 Å². The number of nitrogens with zero attached hydrogens (tertiary/aromatic N) is 1. The summed E-state index contributed by atoms with van der Waals surface area (Å²) in [5.41, 5.74) is 0.990. The Hall–Kier alpha value is -3.09. The molecule has 2 aliphatic rings. The van der Waals surface area contributed by atoms with E-state index in [0.29, 0.717) is 17.7 Å². The minimum absolute atomic E-state index is 0.205. The highest BCUT2D eigenvalue weighted by Crippen LogP contribution is 2.28. The number of nitrogens with one attached hydrogen (secondary N) is 2. The summed E-state index contributed by atoms with van der Waals surface area (Å²) in [6, 6.07) is 9.24. The summed E-state index contributed by atoms with van der Waals surface area (Å²) < 4.78 is 5.06. The molecule has 2 aliphatic heterocycles. The van der Waals surface area contributed by atoms with Gasteiger partial charge in [0.2, 0.25) is 5.91 Å². The summed E-state index contributed by atoms with van der Waals surface area (Å²) in [5, 5.41) is 5.61. The average molecular weight is 325 g/mol. The minimum atomic E-state index is -0.591. The summed E-state index contributed by atoms with van der Waals surface area (Å²) in [4.78, 5) is 38.8. The Morgan fingerprint density at radius 1 is 1.21 bits per heavy atom. The lowest BCUT2D eigenvalue weighted by Gasteiger charge is -2.19. The Labute approximate surface area is 137 Å². The number of rotatable bonds is 2. The van der Waals surface area contributed by atoms with Gasteiger partial charge in [0.25, 0.3) is 11.8 Å². The second kappa shape index (κ2) is 5.52. The van der Waals surface area contributed by atoms with Gasteiger partial charge in [-0.2, -0.15) is 0 Å². The molecular weight excluding hydrogens is 310 g/mol. The highest BCUT2D eigenvalue weighted by atomic mass is 16.3. The topological polar surface area (TPSA) is 91.7 Å². The minimum Gasteiger partial charge on any atom is -0.459 e. The first-order valence-corrected chi connectivity index (χ1v) is 7.69. The maximum atomic E-state index is 12.7. The molecule has 0 spiro atoms. The van der Waals surface area contributed by atoms with Crippen molar-refractivity contribution >= 4 is 23.4 Å². The molecule has 1 aromatic carbocycles. The van der Waals surface area contributed by atoms with E-state index in [1.54, 1.807) is 36.4 Å². The first kappa shape index (κ1) is 14.5. The molecule has 2 N–H and O–H groups in total. The Kier molecular flexibility index (Phi) is 3.34. The van der Waals surface area contributed by atoms with Gasteiger partial charge in [-0.05, 0) is 30.7 Å². The lowest BCUT2D eigenvalue weighted by atomic mass is 10.1. The normalized spacial score (nSPS) is 22.4. The molecule has 1 saturated heterocycles. The summed E-state index contributed by atoms with van der Waals surface area (Å²) in [5.74, 6) is -0.583. The number of hydrogen-bond acceptors (Lipinski definition) is 4. The van der Waals surface area contributed by atoms with Crippen LogP contribution in [0.2, 0.25) is 0 Å². The average Bonchev–Trinajstić information content (AvgIpc) is 3.22. The van der Waals surface area contributed by atoms with E-state index >= 15 is 0 Å². The van der Waals surface area contributed by atoms with E-state index in [9.17, 15) is 14.4 Å². The van der Waals surface area contributed by atoms with E-state index < -0.39 is 6.04 Å². The SMILES string of the molecule is O=C(N[C@H]1C[C@H]2C(=O)Nc3ccccc3C(=O)N2C1)c1ccco1. The molecule has 0 unspecified atom stereocenters. The van der Waals surface area contributed by atoms with Crippen LogP contribution < -0.4 is 10.6 Å². The molecule has 24 heavy (non-hydrogen) atoms. The number of para-hydroxylation sites is 1. The van der Waals surface area contributed by atoms with Crippen molar-refractivity contribution in [2.24, 2.45) is 0 Å². The fraction of sp³-hybridized carbons (Fsp3) is 0.235. The van der Waals surface area contributed by atoms with E-state index in [0.717, 1.165) is 0 Å². The third kappa shape index (κ3) is 2.34. The number of hydrogen-bond donors (Lipinski definition) is 2. The van der Waals surface area contributed by atoms with Crippen LogP contribution in [0.5, 0.6) is 0 Å². The molecule has 4 rings (SSSR count). The highest BCUT2D eigenvalue weighted by molar-refractivity contribution is 6.10. The van der Waals surface area contributed by atoms with E-state index in [4.69, 9.17) is 4.42 Å². The number of anilines is 1. The maximum absolute atomic E-state index is 12.7. The molecular formula is C17H15N3O4. The van der Waals surface area contributed by atoms with Crippen LogP contribution in [0.15, 0.2) is 47.1 Å². The summed E-state index contributed by atoms with van der Waals surface area (Å²) in [6.45, 7) is 0.289. The van der Waals surface area contributed by atoms with Crippen LogP contribution in [0, 0.1) is 0 Å². The van der Waals surface area contributed by atoms with Crippen molar-refractivity contribution in [3.05, 3.63) is 54.0 Å². The number of fused-ring (bicyclic) bond motifs is 2. The molecule has 2 aromatic rings. The quantitative estimate of drug-likeness (QED) is 0.869. The first-order chi connectivity index (χ1) is 11.6. The van der Waals surface area contributed by atoms with E-state index in [-0.39, 0.29) is 36.1 Å². The fourth-order valence-corrected chi connectivity index (χ4v) is 3.23. The zero-order valence-corrected chi connectivity index (χ0v) is 12.7. The highest BCUT2D eigenvalue weighted by Gasteiger charge is 2.43. The van der Waals surface area contributed by atoms with Crippen LogP contribution in [0.1, 0.15) is 27.3 Å². The third-order valence-electron chi connectivity index (χ3n) is 4.36. The number of amides is 3. The van der Waals surface area contributed by atoms with Crippen molar-refractivity contribution in [1.82, 2.24) is 10.2 Å². The smallest absolute Gasteiger partial charge is 0.287 e. The molecule has 3 heterocycles. The zero-order valence-electron chi connectivity index (χ0n) is 12.7. The van der Waals surface area contributed by atoms with Crippen molar-refractivity contribution in [3.8, 4) is 0 Å². The van der Waals surface area contributed by atoms with Gasteiger partial charge in [-0.1, -0.05) is 12.1 Å².